The van der Waals surface area contributed by atoms with E-state index in [9.17, 15) is 4.39 Å². The summed E-state index contributed by atoms with van der Waals surface area (Å²) in [6.45, 7) is -0.679. The fourth-order valence-electron chi connectivity index (χ4n) is 0.502. The maximum absolute atomic E-state index is 11.9. The Morgan fingerprint density at radius 2 is 2.10 bits per heavy atom. The second kappa shape index (κ2) is 3.12. The van der Waals surface area contributed by atoms with Crippen LogP contribution in [0.2, 0.25) is 10.4 Å². The molecule has 2 nitrogen and oxygen atoms in total. The molecule has 0 saturated carbocycles. The molecule has 0 aromatic carbocycles. The summed E-state index contributed by atoms with van der Waals surface area (Å²) in [4.78, 5) is 7.08. The van der Waals surface area contributed by atoms with Gasteiger partial charge in [0.15, 0.2) is 0 Å². The van der Waals surface area contributed by atoms with Crippen LogP contribution in [0.5, 0.6) is 0 Å². The SMILES string of the molecule is FCc1cc(Cl)nc(Cl)n1. The highest BCUT2D eigenvalue weighted by atomic mass is 35.5. The molecule has 1 aromatic heterocycles. The second-order valence-electron chi connectivity index (χ2n) is 1.58. The lowest BCUT2D eigenvalue weighted by Crippen LogP contribution is -1.89. The minimum Gasteiger partial charge on any atom is -0.244 e. The first-order valence-electron chi connectivity index (χ1n) is 2.47. The Bertz CT molecular complexity index is 221. The molecule has 0 aliphatic carbocycles. The summed E-state index contributed by atoms with van der Waals surface area (Å²) in [5.74, 6) is 0. The van der Waals surface area contributed by atoms with E-state index in [-0.39, 0.29) is 16.1 Å². The third kappa shape index (κ3) is 1.78. The minimum absolute atomic E-state index is 0.0276. The van der Waals surface area contributed by atoms with E-state index in [1.165, 1.54) is 6.07 Å². The smallest absolute Gasteiger partial charge is 0.224 e. The van der Waals surface area contributed by atoms with E-state index in [0.717, 1.165) is 0 Å². The Morgan fingerprint density at radius 3 is 2.60 bits per heavy atom. The molecule has 54 valence electrons. The van der Waals surface area contributed by atoms with Gasteiger partial charge in [-0.05, 0) is 17.7 Å². The van der Waals surface area contributed by atoms with Crippen LogP contribution in [0.3, 0.4) is 0 Å². The van der Waals surface area contributed by atoms with E-state index in [0.29, 0.717) is 0 Å². The van der Waals surface area contributed by atoms with Crippen molar-refractivity contribution < 1.29 is 4.39 Å². The third-order valence-electron chi connectivity index (χ3n) is 0.858. The first-order chi connectivity index (χ1) is 4.72. The van der Waals surface area contributed by atoms with Crippen molar-refractivity contribution in [2.45, 2.75) is 6.67 Å². The van der Waals surface area contributed by atoms with Crippen molar-refractivity contribution in [2.24, 2.45) is 0 Å². The van der Waals surface area contributed by atoms with Crippen LogP contribution in [-0.2, 0) is 6.67 Å². The lowest BCUT2D eigenvalue weighted by Gasteiger charge is -1.93. The van der Waals surface area contributed by atoms with Gasteiger partial charge in [-0.15, -0.1) is 0 Å². The van der Waals surface area contributed by atoms with Crippen molar-refractivity contribution >= 4 is 23.2 Å². The van der Waals surface area contributed by atoms with Crippen molar-refractivity contribution in [3.8, 4) is 0 Å². The van der Waals surface area contributed by atoms with Gasteiger partial charge in [0.25, 0.3) is 0 Å². The third-order valence-corrected chi connectivity index (χ3v) is 1.22. The van der Waals surface area contributed by atoms with Crippen LogP contribution in [0, 0.1) is 0 Å². The number of alkyl halides is 1. The molecule has 0 bridgehead atoms. The molecule has 0 amide bonds. The zero-order valence-corrected chi connectivity index (χ0v) is 6.32. The van der Waals surface area contributed by atoms with Gasteiger partial charge in [-0.1, -0.05) is 11.6 Å². The van der Waals surface area contributed by atoms with Crippen molar-refractivity contribution in [3.63, 3.8) is 0 Å². The Kier molecular flexibility index (Phi) is 2.40. The highest BCUT2D eigenvalue weighted by Crippen LogP contribution is 2.10. The second-order valence-corrected chi connectivity index (χ2v) is 2.31. The molecule has 10 heavy (non-hydrogen) atoms. The van der Waals surface area contributed by atoms with E-state index >= 15 is 0 Å². The molecule has 1 rings (SSSR count). The van der Waals surface area contributed by atoms with Crippen LogP contribution in [0.4, 0.5) is 4.39 Å². The zero-order valence-electron chi connectivity index (χ0n) is 4.81. The van der Waals surface area contributed by atoms with E-state index in [2.05, 4.69) is 9.97 Å². The predicted molar refractivity (Wildman–Crippen MR) is 36.9 cm³/mol. The molecule has 5 heteroatoms. The maximum Gasteiger partial charge on any atom is 0.224 e. The van der Waals surface area contributed by atoms with Crippen molar-refractivity contribution in [1.82, 2.24) is 9.97 Å². The summed E-state index contributed by atoms with van der Waals surface area (Å²) < 4.78 is 11.9. The molecule has 0 N–H and O–H groups in total. The van der Waals surface area contributed by atoms with Crippen LogP contribution in [-0.4, -0.2) is 9.97 Å². The fourth-order valence-corrected chi connectivity index (χ4v) is 0.951. The summed E-state index contributed by atoms with van der Waals surface area (Å²) in [7, 11) is 0. The molecular weight excluding hydrogens is 178 g/mol. The fraction of sp³-hybridized carbons (Fsp3) is 0.200. The van der Waals surface area contributed by atoms with Crippen LogP contribution in [0.15, 0.2) is 6.07 Å². The summed E-state index contributed by atoms with van der Waals surface area (Å²) in [6, 6.07) is 1.33. The lowest BCUT2D eigenvalue weighted by atomic mass is 10.4. The van der Waals surface area contributed by atoms with E-state index in [1.54, 1.807) is 0 Å². The molecular formula is C5H3Cl2FN2. The number of halogens is 3. The summed E-state index contributed by atoms with van der Waals surface area (Å²) in [5.41, 5.74) is 0.199. The van der Waals surface area contributed by atoms with Gasteiger partial charge >= 0.3 is 0 Å². The van der Waals surface area contributed by atoms with Gasteiger partial charge in [0.05, 0.1) is 5.69 Å². The number of hydrogen-bond donors (Lipinski definition) is 0. The Morgan fingerprint density at radius 1 is 1.40 bits per heavy atom. The van der Waals surface area contributed by atoms with Gasteiger partial charge in [0, 0.05) is 0 Å². The average Bonchev–Trinajstić information content (AvgIpc) is 1.85. The minimum atomic E-state index is -0.679. The molecule has 0 saturated heterocycles. The van der Waals surface area contributed by atoms with Gasteiger partial charge in [-0.25, -0.2) is 14.4 Å². The number of aromatic nitrogens is 2. The first-order valence-corrected chi connectivity index (χ1v) is 3.23. The standard InChI is InChI=1S/C5H3Cl2FN2/c6-4-1-3(2-8)9-5(7)10-4/h1H,2H2. The number of rotatable bonds is 1. The molecule has 0 aliphatic heterocycles. The zero-order chi connectivity index (χ0) is 7.56. The Balaban J connectivity index is 3.06. The number of hydrogen-bond acceptors (Lipinski definition) is 2. The van der Waals surface area contributed by atoms with E-state index in [1.807, 2.05) is 0 Å². The topological polar surface area (TPSA) is 25.8 Å². The first kappa shape index (κ1) is 7.69. The normalized spacial score (nSPS) is 9.90. The van der Waals surface area contributed by atoms with Crippen LogP contribution in [0.1, 0.15) is 5.69 Å². The number of nitrogens with zero attached hydrogens (tertiary/aromatic N) is 2. The van der Waals surface area contributed by atoms with E-state index < -0.39 is 6.67 Å². The summed E-state index contributed by atoms with van der Waals surface area (Å²) in [6.07, 6.45) is 0. The van der Waals surface area contributed by atoms with Gasteiger partial charge in [0.1, 0.15) is 11.8 Å². The van der Waals surface area contributed by atoms with Crippen LogP contribution < -0.4 is 0 Å². The van der Waals surface area contributed by atoms with Gasteiger partial charge in [0.2, 0.25) is 5.28 Å². The summed E-state index contributed by atoms with van der Waals surface area (Å²) in [5, 5.41) is 0.132. The average molecular weight is 181 g/mol. The predicted octanol–water partition coefficient (Wildman–Crippen LogP) is 2.25. The van der Waals surface area contributed by atoms with Gasteiger partial charge in [-0.3, -0.25) is 0 Å². The van der Waals surface area contributed by atoms with Crippen molar-refractivity contribution in [3.05, 3.63) is 22.2 Å². The molecule has 0 atom stereocenters. The Labute approximate surface area is 67.0 Å². The van der Waals surface area contributed by atoms with Crippen molar-refractivity contribution in [1.29, 1.82) is 0 Å². The highest BCUT2D eigenvalue weighted by molar-refractivity contribution is 6.31. The molecule has 0 aliphatic rings. The summed E-state index contributed by atoms with van der Waals surface area (Å²) >= 11 is 10.8. The van der Waals surface area contributed by atoms with Crippen molar-refractivity contribution in [2.75, 3.05) is 0 Å². The van der Waals surface area contributed by atoms with E-state index in [4.69, 9.17) is 23.2 Å². The Hall–Kier alpha value is -0.410. The van der Waals surface area contributed by atoms with Crippen LogP contribution >= 0.6 is 23.2 Å². The molecule has 0 spiro atoms. The van der Waals surface area contributed by atoms with Gasteiger partial charge in [-0.2, -0.15) is 0 Å². The monoisotopic (exact) mass is 180 g/mol. The highest BCUT2D eigenvalue weighted by Gasteiger charge is 1.98. The molecule has 1 aromatic rings. The molecule has 0 radical (unpaired) electrons. The van der Waals surface area contributed by atoms with Crippen LogP contribution in [0.25, 0.3) is 0 Å². The lowest BCUT2D eigenvalue weighted by molar-refractivity contribution is 0.475. The van der Waals surface area contributed by atoms with Gasteiger partial charge < -0.3 is 0 Å². The largest absolute Gasteiger partial charge is 0.244 e. The maximum atomic E-state index is 11.9. The molecule has 0 unspecified atom stereocenters. The quantitative estimate of drug-likeness (QED) is 0.490. The molecule has 0 fully saturated rings. The molecule has 1 heterocycles.